The Bertz CT molecular complexity index is 1220. The maximum absolute atomic E-state index is 11.9. The minimum Gasteiger partial charge on any atom is -0.508 e. The van der Waals surface area contributed by atoms with Crippen LogP contribution >= 0.6 is 0 Å². The summed E-state index contributed by atoms with van der Waals surface area (Å²) in [4.78, 5) is 30.8. The molecule has 3 aromatic rings. The Balaban J connectivity index is 1.18. The van der Waals surface area contributed by atoms with Gasteiger partial charge in [-0.25, -0.2) is 9.59 Å². The van der Waals surface area contributed by atoms with E-state index in [0.29, 0.717) is 28.7 Å². The highest BCUT2D eigenvalue weighted by Crippen LogP contribution is 2.22. The molecule has 2 aromatic carbocycles. The Morgan fingerprint density at radius 2 is 1.82 bits per heavy atom. The zero-order valence-electron chi connectivity index (χ0n) is 21.9. The van der Waals surface area contributed by atoms with Gasteiger partial charge in [-0.1, -0.05) is 25.0 Å². The van der Waals surface area contributed by atoms with E-state index in [1.807, 2.05) is 12.1 Å². The highest BCUT2D eigenvalue weighted by molar-refractivity contribution is 5.77. The second-order valence-corrected chi connectivity index (χ2v) is 9.41. The number of nitrogens with one attached hydrogen (secondary N) is 2. The quantitative estimate of drug-likeness (QED) is 0.168. The summed E-state index contributed by atoms with van der Waals surface area (Å²) in [6, 6.07) is 10.4. The molecule has 0 aliphatic rings. The number of imidazole rings is 1. The van der Waals surface area contributed by atoms with E-state index in [0.717, 1.165) is 75.0 Å². The third-order valence-corrected chi connectivity index (χ3v) is 6.32. The zero-order chi connectivity index (χ0) is 27.3. The molecule has 0 bridgehead atoms. The molecule has 5 N–H and O–H groups in total. The van der Waals surface area contributed by atoms with Crippen LogP contribution < -0.4 is 15.8 Å². The van der Waals surface area contributed by atoms with E-state index in [9.17, 15) is 24.9 Å². The Labute approximate surface area is 222 Å². The molecule has 0 saturated heterocycles. The van der Waals surface area contributed by atoms with E-state index in [-0.39, 0.29) is 12.4 Å². The molecular weight excluding hydrogens is 490 g/mol. The lowest BCUT2D eigenvalue weighted by atomic mass is 10.1. The predicted molar refractivity (Wildman–Crippen MR) is 144 cm³/mol. The second kappa shape index (κ2) is 15.3. The SMILES string of the molecule is CC(=O)On1c(=O)[nH]c2cc(CCCCOCCCCCCNC[C@H](O)c3ccc(O)c(CO)c3)ccc21. The number of aromatic hydroxyl groups is 1. The summed E-state index contributed by atoms with van der Waals surface area (Å²) in [6.07, 6.45) is 6.33. The first-order valence-corrected chi connectivity index (χ1v) is 13.2. The lowest BCUT2D eigenvalue weighted by molar-refractivity contribution is -0.141. The van der Waals surface area contributed by atoms with Gasteiger partial charge in [-0.2, -0.15) is 0 Å². The number of rotatable bonds is 17. The monoisotopic (exact) mass is 529 g/mol. The number of hydrogen-bond acceptors (Lipinski definition) is 8. The Hall–Kier alpha value is -3.18. The summed E-state index contributed by atoms with van der Waals surface area (Å²) in [5.74, 6) is -0.518. The van der Waals surface area contributed by atoms with Crippen LogP contribution in [0, 0.1) is 0 Å². The molecule has 0 amide bonds. The molecule has 3 rings (SSSR count). The number of aliphatic hydroxyl groups excluding tert-OH is 2. The number of ether oxygens (including phenoxy) is 1. The number of carbonyl (C=O) groups excluding carboxylic acids is 1. The van der Waals surface area contributed by atoms with Gasteiger partial charge in [0.05, 0.1) is 18.2 Å². The topological polar surface area (TPSA) is 146 Å². The van der Waals surface area contributed by atoms with Crippen molar-refractivity contribution in [1.29, 1.82) is 0 Å². The molecular formula is C28H39N3O7. The number of fused-ring (bicyclic) bond motifs is 1. The van der Waals surface area contributed by atoms with Gasteiger partial charge in [-0.15, -0.1) is 4.73 Å². The molecule has 0 spiro atoms. The van der Waals surface area contributed by atoms with Crippen LogP contribution in [0.3, 0.4) is 0 Å². The van der Waals surface area contributed by atoms with Crippen molar-refractivity contribution < 1.29 is 29.7 Å². The number of hydrogen-bond donors (Lipinski definition) is 5. The molecule has 1 heterocycles. The van der Waals surface area contributed by atoms with Gasteiger partial charge in [0.15, 0.2) is 0 Å². The lowest BCUT2D eigenvalue weighted by Gasteiger charge is -2.14. The molecule has 0 fully saturated rings. The molecule has 10 nitrogen and oxygen atoms in total. The zero-order valence-corrected chi connectivity index (χ0v) is 21.9. The smallest absolute Gasteiger partial charge is 0.360 e. The third-order valence-electron chi connectivity index (χ3n) is 6.32. The molecule has 0 unspecified atom stereocenters. The number of nitrogens with zero attached hydrogens (tertiary/aromatic N) is 1. The van der Waals surface area contributed by atoms with Gasteiger partial charge in [-0.3, -0.25) is 0 Å². The van der Waals surface area contributed by atoms with Crippen LogP contribution in [0.25, 0.3) is 11.0 Å². The first-order chi connectivity index (χ1) is 18.4. The van der Waals surface area contributed by atoms with Gasteiger partial charge in [0, 0.05) is 32.2 Å². The van der Waals surface area contributed by atoms with Gasteiger partial charge in [-0.05, 0) is 74.0 Å². The number of aromatic nitrogens is 2. The van der Waals surface area contributed by atoms with Crippen LogP contribution in [0.2, 0.25) is 0 Å². The average molecular weight is 530 g/mol. The van der Waals surface area contributed by atoms with Crippen LogP contribution in [0.4, 0.5) is 0 Å². The van der Waals surface area contributed by atoms with E-state index in [2.05, 4.69) is 10.3 Å². The van der Waals surface area contributed by atoms with Gasteiger partial charge < -0.3 is 35.2 Å². The summed E-state index contributed by atoms with van der Waals surface area (Å²) in [5, 5.41) is 32.4. The fourth-order valence-corrected chi connectivity index (χ4v) is 4.25. The van der Waals surface area contributed by atoms with Crippen molar-refractivity contribution in [3.63, 3.8) is 0 Å². The number of carbonyl (C=O) groups is 1. The molecule has 208 valence electrons. The summed E-state index contributed by atoms with van der Waals surface area (Å²) in [5.41, 5.74) is 2.90. The van der Waals surface area contributed by atoms with Crippen LogP contribution in [0.5, 0.6) is 5.75 Å². The molecule has 1 aromatic heterocycles. The summed E-state index contributed by atoms with van der Waals surface area (Å²) >= 11 is 0. The molecule has 0 aliphatic carbocycles. The fraction of sp³-hybridized carbons (Fsp3) is 0.500. The van der Waals surface area contributed by atoms with Gasteiger partial charge in [0.2, 0.25) is 0 Å². The van der Waals surface area contributed by atoms with E-state index >= 15 is 0 Å². The Morgan fingerprint density at radius 3 is 2.58 bits per heavy atom. The first kappa shape index (κ1) is 29.4. The lowest BCUT2D eigenvalue weighted by Crippen LogP contribution is -2.27. The normalized spacial score (nSPS) is 12.2. The predicted octanol–water partition coefficient (Wildman–Crippen LogP) is 2.73. The van der Waals surface area contributed by atoms with Gasteiger partial charge in [0.1, 0.15) is 11.3 Å². The van der Waals surface area contributed by atoms with Crippen molar-refractivity contribution in [2.45, 2.75) is 64.6 Å². The van der Waals surface area contributed by atoms with E-state index in [1.54, 1.807) is 18.2 Å². The molecule has 1 atom stereocenters. The van der Waals surface area contributed by atoms with Crippen molar-refractivity contribution in [2.75, 3.05) is 26.3 Å². The van der Waals surface area contributed by atoms with Crippen LogP contribution in [-0.2, 0) is 22.6 Å². The second-order valence-electron chi connectivity index (χ2n) is 9.41. The number of benzene rings is 2. The Kier molecular flexibility index (Phi) is 11.8. The number of aromatic amines is 1. The number of phenols is 1. The molecule has 10 heteroatoms. The summed E-state index contributed by atoms with van der Waals surface area (Å²) < 4.78 is 6.73. The third kappa shape index (κ3) is 8.98. The number of unbranched alkanes of at least 4 members (excludes halogenated alkanes) is 4. The van der Waals surface area contributed by atoms with Gasteiger partial charge in [0.25, 0.3) is 0 Å². The number of H-pyrrole nitrogens is 1. The highest BCUT2D eigenvalue weighted by atomic mass is 16.7. The standard InChI is InChI=1S/C28H39N3O7/c1-20(33)38-31-25-11-9-21(16-24(25)30-28(31)36)8-4-7-15-37-14-6-3-2-5-13-29-18-27(35)22-10-12-26(34)23(17-22)19-32/h9-12,16-17,27,29,32,34-35H,2-8,13-15,18-19H2,1H3,(H,30,36)/t27-/m0/s1. The van der Waals surface area contributed by atoms with Crippen LogP contribution in [0.15, 0.2) is 41.2 Å². The van der Waals surface area contributed by atoms with Crippen molar-refractivity contribution in [3.8, 4) is 5.75 Å². The average Bonchev–Trinajstić information content (AvgIpc) is 3.20. The molecule has 0 radical (unpaired) electrons. The van der Waals surface area contributed by atoms with Crippen molar-refractivity contribution in [2.24, 2.45) is 0 Å². The maximum Gasteiger partial charge on any atom is 0.360 e. The number of aryl methyl sites for hydroxylation is 1. The minimum atomic E-state index is -0.685. The van der Waals surface area contributed by atoms with E-state index < -0.39 is 17.8 Å². The largest absolute Gasteiger partial charge is 0.508 e. The molecule has 38 heavy (non-hydrogen) atoms. The van der Waals surface area contributed by atoms with Crippen molar-refractivity contribution in [3.05, 3.63) is 63.6 Å². The fourth-order valence-electron chi connectivity index (χ4n) is 4.25. The van der Waals surface area contributed by atoms with Crippen LogP contribution in [0.1, 0.15) is 68.2 Å². The van der Waals surface area contributed by atoms with E-state index in [4.69, 9.17) is 9.57 Å². The first-order valence-electron chi connectivity index (χ1n) is 13.2. The van der Waals surface area contributed by atoms with Gasteiger partial charge >= 0.3 is 11.7 Å². The number of aliphatic hydroxyl groups is 2. The summed E-state index contributed by atoms with van der Waals surface area (Å²) in [6.45, 7) is 3.70. The van der Waals surface area contributed by atoms with Crippen LogP contribution in [-0.4, -0.2) is 57.3 Å². The highest BCUT2D eigenvalue weighted by Gasteiger charge is 2.11. The van der Waals surface area contributed by atoms with Crippen molar-refractivity contribution in [1.82, 2.24) is 15.0 Å². The van der Waals surface area contributed by atoms with Crippen molar-refractivity contribution >= 4 is 17.0 Å². The summed E-state index contributed by atoms with van der Waals surface area (Å²) in [7, 11) is 0. The molecule has 0 saturated carbocycles. The maximum atomic E-state index is 11.9. The van der Waals surface area contributed by atoms with E-state index in [1.165, 1.54) is 13.0 Å². The Morgan fingerprint density at radius 1 is 1.05 bits per heavy atom. The molecule has 0 aliphatic heterocycles. The minimum absolute atomic E-state index is 0.0316.